The molecule has 3 heteroatoms. The Labute approximate surface area is 144 Å². The van der Waals surface area contributed by atoms with Crippen LogP contribution in [0.15, 0.2) is 88.7 Å². The smallest absolute Gasteiger partial charge is 0.0731 e. The molecule has 0 bridgehead atoms. The van der Waals surface area contributed by atoms with Gasteiger partial charge in [0.1, 0.15) is 0 Å². The molecule has 114 valence electrons. The fraction of sp³-hybridized carbons (Fsp3) is 0. The van der Waals surface area contributed by atoms with E-state index >= 15 is 0 Å². The summed E-state index contributed by atoms with van der Waals surface area (Å²) in [5.41, 5.74) is 5.46. The number of fused-ring (bicyclic) bond motifs is 3. The maximum Gasteiger partial charge on any atom is 0.0731 e. The zero-order chi connectivity index (χ0) is 15.9. The number of nitrogens with zero attached hydrogens (tertiary/aromatic N) is 1. The second-order valence-electron chi connectivity index (χ2n) is 5.79. The van der Waals surface area contributed by atoms with Crippen LogP contribution in [0.4, 0.5) is 11.4 Å². The van der Waals surface area contributed by atoms with Crippen molar-refractivity contribution >= 4 is 34.0 Å². The van der Waals surface area contributed by atoms with Crippen LogP contribution >= 0.6 is 11.8 Å². The summed E-state index contributed by atoms with van der Waals surface area (Å²) in [7, 11) is 0. The van der Waals surface area contributed by atoms with Crippen LogP contribution in [0.2, 0.25) is 0 Å². The van der Waals surface area contributed by atoms with Crippen LogP contribution in [0.5, 0.6) is 0 Å². The molecule has 5 rings (SSSR count). The molecule has 1 aliphatic rings. The quantitative estimate of drug-likeness (QED) is 0.402. The topological polar surface area (TPSA) is 24.9 Å². The van der Waals surface area contributed by atoms with E-state index in [1.54, 1.807) is 11.8 Å². The highest BCUT2D eigenvalue weighted by Crippen LogP contribution is 2.47. The summed E-state index contributed by atoms with van der Waals surface area (Å²) in [5.74, 6) is 0. The molecular weight excluding hydrogens is 312 g/mol. The first kappa shape index (κ1) is 13.6. The van der Waals surface area contributed by atoms with E-state index in [1.165, 1.54) is 15.2 Å². The van der Waals surface area contributed by atoms with E-state index < -0.39 is 0 Å². The van der Waals surface area contributed by atoms with Gasteiger partial charge in [0.2, 0.25) is 0 Å². The van der Waals surface area contributed by atoms with Gasteiger partial charge in [-0.2, -0.15) is 0 Å². The predicted octanol–water partition coefficient (Wildman–Crippen LogP) is 6.11. The van der Waals surface area contributed by atoms with Gasteiger partial charge in [-0.3, -0.25) is 0 Å². The van der Waals surface area contributed by atoms with E-state index in [2.05, 4.69) is 72.0 Å². The van der Waals surface area contributed by atoms with Crippen LogP contribution in [0.1, 0.15) is 0 Å². The molecule has 0 saturated carbocycles. The zero-order valence-electron chi connectivity index (χ0n) is 12.9. The van der Waals surface area contributed by atoms with Crippen LogP contribution in [-0.2, 0) is 0 Å². The van der Waals surface area contributed by atoms with Gasteiger partial charge in [0.15, 0.2) is 0 Å². The SMILES string of the molecule is c1ccc2c(c1)Nc1c(cccc1-c1ccc3ccccc3n1)S2. The van der Waals surface area contributed by atoms with Gasteiger partial charge < -0.3 is 5.32 Å². The maximum absolute atomic E-state index is 4.86. The lowest BCUT2D eigenvalue weighted by molar-refractivity contribution is 1.30. The monoisotopic (exact) mass is 326 g/mol. The highest BCUT2D eigenvalue weighted by Gasteiger charge is 2.19. The van der Waals surface area contributed by atoms with Crippen molar-refractivity contribution in [1.29, 1.82) is 0 Å². The van der Waals surface area contributed by atoms with Gasteiger partial charge in [0, 0.05) is 20.7 Å². The van der Waals surface area contributed by atoms with E-state index in [9.17, 15) is 0 Å². The predicted molar refractivity (Wildman–Crippen MR) is 101 cm³/mol. The van der Waals surface area contributed by atoms with Crippen LogP contribution in [0.25, 0.3) is 22.2 Å². The number of nitrogens with one attached hydrogen (secondary N) is 1. The van der Waals surface area contributed by atoms with Crippen molar-refractivity contribution in [2.75, 3.05) is 5.32 Å². The number of pyridine rings is 1. The minimum absolute atomic E-state index is 0.998. The number of benzene rings is 3. The number of aromatic nitrogens is 1. The molecular formula is C21H14N2S. The molecule has 2 nitrogen and oxygen atoms in total. The summed E-state index contributed by atoms with van der Waals surface area (Å²) in [6, 6.07) is 27.3. The molecule has 1 N–H and O–H groups in total. The average molecular weight is 326 g/mol. The van der Waals surface area contributed by atoms with Gasteiger partial charge in [-0.1, -0.05) is 60.3 Å². The van der Waals surface area contributed by atoms with E-state index in [-0.39, 0.29) is 0 Å². The average Bonchev–Trinajstić information content (AvgIpc) is 2.65. The van der Waals surface area contributed by atoms with Crippen molar-refractivity contribution in [3.8, 4) is 11.3 Å². The third kappa shape index (κ3) is 2.17. The first-order valence-corrected chi connectivity index (χ1v) is 8.73. The Morgan fingerprint density at radius 1 is 0.708 bits per heavy atom. The normalized spacial score (nSPS) is 12.3. The van der Waals surface area contributed by atoms with Crippen molar-refractivity contribution in [2.24, 2.45) is 0 Å². The summed E-state index contributed by atoms with van der Waals surface area (Å²) >= 11 is 1.80. The Kier molecular flexibility index (Phi) is 3.06. The number of para-hydroxylation sites is 3. The Bertz CT molecular complexity index is 1070. The zero-order valence-corrected chi connectivity index (χ0v) is 13.7. The van der Waals surface area contributed by atoms with Crippen LogP contribution in [-0.4, -0.2) is 4.98 Å². The largest absolute Gasteiger partial charge is 0.353 e. The molecule has 0 amide bonds. The van der Waals surface area contributed by atoms with Crippen molar-refractivity contribution in [3.05, 3.63) is 78.9 Å². The van der Waals surface area contributed by atoms with E-state index in [1.807, 2.05) is 12.1 Å². The molecule has 0 atom stereocenters. The number of anilines is 2. The summed E-state index contributed by atoms with van der Waals surface area (Å²) < 4.78 is 0. The van der Waals surface area contributed by atoms with Crippen LogP contribution in [0, 0.1) is 0 Å². The van der Waals surface area contributed by atoms with E-state index in [0.29, 0.717) is 0 Å². The lowest BCUT2D eigenvalue weighted by Crippen LogP contribution is -2.02. The molecule has 0 unspecified atom stereocenters. The lowest BCUT2D eigenvalue weighted by atomic mass is 10.1. The van der Waals surface area contributed by atoms with Gasteiger partial charge >= 0.3 is 0 Å². The van der Waals surface area contributed by atoms with Crippen LogP contribution in [0.3, 0.4) is 0 Å². The molecule has 1 aliphatic heterocycles. The molecule has 24 heavy (non-hydrogen) atoms. The minimum Gasteiger partial charge on any atom is -0.353 e. The number of hydrogen-bond acceptors (Lipinski definition) is 3. The first-order valence-electron chi connectivity index (χ1n) is 7.91. The molecule has 4 aromatic rings. The summed E-state index contributed by atoms with van der Waals surface area (Å²) in [5, 5.41) is 4.76. The van der Waals surface area contributed by atoms with Crippen molar-refractivity contribution < 1.29 is 0 Å². The lowest BCUT2D eigenvalue weighted by Gasteiger charge is -2.23. The standard InChI is InChI=1S/C21H14N2S/c1-2-8-16-14(6-1)12-13-17(22-16)15-7-5-11-20-21(15)23-18-9-3-4-10-19(18)24-20/h1-13,23H. The van der Waals surface area contributed by atoms with Crippen LogP contribution < -0.4 is 5.32 Å². The fourth-order valence-corrected chi connectivity index (χ4v) is 4.11. The van der Waals surface area contributed by atoms with Crippen molar-refractivity contribution in [1.82, 2.24) is 4.98 Å². The Morgan fingerprint density at radius 2 is 1.54 bits per heavy atom. The fourth-order valence-electron chi connectivity index (χ4n) is 3.09. The highest BCUT2D eigenvalue weighted by atomic mass is 32.2. The second kappa shape index (κ2) is 5.39. The molecule has 0 spiro atoms. The third-order valence-electron chi connectivity index (χ3n) is 4.27. The Hall–Kier alpha value is -2.78. The summed E-state index contributed by atoms with van der Waals surface area (Å²) in [6.07, 6.45) is 0. The third-order valence-corrected chi connectivity index (χ3v) is 5.40. The van der Waals surface area contributed by atoms with Gasteiger partial charge in [0.25, 0.3) is 0 Å². The van der Waals surface area contributed by atoms with E-state index in [4.69, 9.17) is 4.98 Å². The Morgan fingerprint density at radius 3 is 2.54 bits per heavy atom. The molecule has 0 fully saturated rings. The summed E-state index contributed by atoms with van der Waals surface area (Å²) in [6.45, 7) is 0. The van der Waals surface area contributed by atoms with Crippen molar-refractivity contribution in [3.63, 3.8) is 0 Å². The highest BCUT2D eigenvalue weighted by molar-refractivity contribution is 7.99. The molecule has 0 radical (unpaired) electrons. The van der Waals surface area contributed by atoms with E-state index in [0.717, 1.165) is 28.1 Å². The van der Waals surface area contributed by atoms with Crippen molar-refractivity contribution in [2.45, 2.75) is 9.79 Å². The molecule has 0 saturated heterocycles. The van der Waals surface area contributed by atoms with Gasteiger partial charge in [-0.15, -0.1) is 0 Å². The van der Waals surface area contributed by atoms with Gasteiger partial charge in [0.05, 0.1) is 22.6 Å². The molecule has 2 heterocycles. The molecule has 1 aromatic heterocycles. The number of rotatable bonds is 1. The van der Waals surface area contributed by atoms with Gasteiger partial charge in [-0.25, -0.2) is 4.98 Å². The molecule has 3 aromatic carbocycles. The maximum atomic E-state index is 4.86. The second-order valence-corrected chi connectivity index (χ2v) is 6.87. The summed E-state index contributed by atoms with van der Waals surface area (Å²) in [4.78, 5) is 7.36. The van der Waals surface area contributed by atoms with Gasteiger partial charge in [-0.05, 0) is 30.3 Å². The molecule has 0 aliphatic carbocycles. The number of hydrogen-bond donors (Lipinski definition) is 1. The first-order chi connectivity index (χ1) is 11.9. The Balaban J connectivity index is 1.67. The minimum atomic E-state index is 0.998.